The smallest absolute Gasteiger partial charge is 0.337 e. The molecule has 1 unspecified atom stereocenters. The van der Waals surface area contributed by atoms with Gasteiger partial charge in [0.05, 0.1) is 53.2 Å². The van der Waals surface area contributed by atoms with E-state index in [9.17, 15) is 14.7 Å². The molecule has 45 heavy (non-hydrogen) atoms. The van der Waals surface area contributed by atoms with Gasteiger partial charge in [0.25, 0.3) is 5.91 Å². The van der Waals surface area contributed by atoms with Crippen molar-refractivity contribution in [2.75, 3.05) is 69.1 Å². The summed E-state index contributed by atoms with van der Waals surface area (Å²) >= 11 is 13.4. The molecular formula is C33H32Cl2FN3O6. The summed E-state index contributed by atoms with van der Waals surface area (Å²) in [5, 5.41) is 10.3. The molecular weight excluding hydrogens is 624 g/mol. The lowest BCUT2D eigenvalue weighted by molar-refractivity contribution is 0.0516. The van der Waals surface area contributed by atoms with Crippen LogP contribution in [-0.2, 0) is 16.0 Å². The number of carbonyl (C=O) groups excluding carboxylic acids is 1. The summed E-state index contributed by atoms with van der Waals surface area (Å²) < 4.78 is 32.7. The number of amides is 1. The zero-order chi connectivity index (χ0) is 31.3. The standard InChI is InChI=1S/C33H32Cl2FN3O6/c34-25-12-21(38-6-4-33(17-38)5-9-44-18-33)13-26(35)29(25)31(40)39-16-20-2-1-3-22(30(20)45-19-39)23-15-28(37-7-10-43-11-8-37)24(32(41)42)14-27(23)36/h1-3,12-15H,4-11,16-19H2,(H,41,42). The minimum Gasteiger partial charge on any atom is -0.478 e. The second-order valence-corrected chi connectivity index (χ2v) is 12.9. The fourth-order valence-electron chi connectivity index (χ4n) is 6.85. The van der Waals surface area contributed by atoms with E-state index in [0.29, 0.717) is 48.9 Å². The molecule has 1 amide bonds. The predicted octanol–water partition coefficient (Wildman–Crippen LogP) is 5.94. The Bertz CT molecular complexity index is 1650. The Balaban J connectivity index is 1.14. The molecule has 1 spiro atoms. The lowest BCUT2D eigenvalue weighted by Crippen LogP contribution is -2.38. The van der Waals surface area contributed by atoms with Crippen LogP contribution in [0.3, 0.4) is 0 Å². The summed E-state index contributed by atoms with van der Waals surface area (Å²) in [4.78, 5) is 31.4. The van der Waals surface area contributed by atoms with Gasteiger partial charge in [-0.25, -0.2) is 9.18 Å². The van der Waals surface area contributed by atoms with Crippen LogP contribution in [0.5, 0.6) is 5.75 Å². The maximum atomic E-state index is 15.5. The number of ether oxygens (including phenoxy) is 3. The molecule has 0 bridgehead atoms. The number of rotatable bonds is 5. The third-order valence-electron chi connectivity index (χ3n) is 9.30. The van der Waals surface area contributed by atoms with Gasteiger partial charge in [-0.2, -0.15) is 0 Å². The Morgan fingerprint density at radius 3 is 2.40 bits per heavy atom. The zero-order valence-electron chi connectivity index (χ0n) is 24.5. The number of benzene rings is 3. The molecule has 7 rings (SSSR count). The number of carboxylic acid groups (broad SMARTS) is 1. The first kappa shape index (κ1) is 30.1. The lowest BCUT2D eigenvalue weighted by Gasteiger charge is -2.32. The first-order valence-electron chi connectivity index (χ1n) is 15.0. The summed E-state index contributed by atoms with van der Waals surface area (Å²) in [6, 6.07) is 11.5. The van der Waals surface area contributed by atoms with E-state index >= 15 is 4.39 Å². The highest BCUT2D eigenvalue weighted by Gasteiger charge is 2.41. The molecule has 12 heteroatoms. The van der Waals surface area contributed by atoms with Crippen molar-refractivity contribution in [2.24, 2.45) is 5.41 Å². The number of carbonyl (C=O) groups is 2. The molecule has 1 N–H and O–H groups in total. The first-order valence-corrected chi connectivity index (χ1v) is 15.7. The summed E-state index contributed by atoms with van der Waals surface area (Å²) in [5.74, 6) is -1.83. The largest absolute Gasteiger partial charge is 0.478 e. The molecule has 4 aliphatic rings. The highest BCUT2D eigenvalue weighted by Crippen LogP contribution is 2.43. The fourth-order valence-corrected chi connectivity index (χ4v) is 7.49. The van der Waals surface area contributed by atoms with Crippen molar-refractivity contribution in [1.82, 2.24) is 4.90 Å². The van der Waals surface area contributed by atoms with E-state index in [0.717, 1.165) is 50.9 Å². The number of aromatic carboxylic acids is 1. The van der Waals surface area contributed by atoms with Crippen molar-refractivity contribution in [1.29, 1.82) is 0 Å². The van der Waals surface area contributed by atoms with Crippen molar-refractivity contribution in [3.63, 3.8) is 0 Å². The van der Waals surface area contributed by atoms with Crippen molar-refractivity contribution in [2.45, 2.75) is 19.4 Å². The molecule has 0 saturated carbocycles. The van der Waals surface area contributed by atoms with Crippen LogP contribution < -0.4 is 14.5 Å². The Labute approximate surface area is 270 Å². The van der Waals surface area contributed by atoms with Gasteiger partial charge in [-0.15, -0.1) is 0 Å². The van der Waals surface area contributed by atoms with Gasteiger partial charge < -0.3 is 34.0 Å². The van der Waals surface area contributed by atoms with E-state index in [2.05, 4.69) is 4.90 Å². The zero-order valence-corrected chi connectivity index (χ0v) is 26.0. The molecule has 236 valence electrons. The average Bonchev–Trinajstić information content (AvgIpc) is 3.69. The summed E-state index contributed by atoms with van der Waals surface area (Å²) in [7, 11) is 0. The minimum atomic E-state index is -1.21. The Kier molecular flexibility index (Phi) is 8.02. The average molecular weight is 657 g/mol. The Morgan fingerprint density at radius 1 is 0.911 bits per heavy atom. The molecule has 0 radical (unpaired) electrons. The van der Waals surface area contributed by atoms with Gasteiger partial charge in [-0.1, -0.05) is 41.4 Å². The maximum absolute atomic E-state index is 15.5. The van der Waals surface area contributed by atoms with Gasteiger partial charge in [0.2, 0.25) is 0 Å². The highest BCUT2D eigenvalue weighted by molar-refractivity contribution is 6.40. The van der Waals surface area contributed by atoms with Gasteiger partial charge >= 0.3 is 5.97 Å². The number of nitrogens with zero attached hydrogens (tertiary/aromatic N) is 3. The molecule has 1 atom stereocenters. The van der Waals surface area contributed by atoms with Crippen molar-refractivity contribution in [3.8, 4) is 16.9 Å². The van der Waals surface area contributed by atoms with Gasteiger partial charge in [-0.05, 0) is 37.1 Å². The van der Waals surface area contributed by atoms with E-state index in [1.165, 1.54) is 4.90 Å². The van der Waals surface area contributed by atoms with Crippen LogP contribution in [0.4, 0.5) is 15.8 Å². The number of halogens is 3. The SMILES string of the molecule is O=C(O)c1cc(F)c(-c2cccc3c2OCN(C(=O)c2c(Cl)cc(N4CCC5(CCOC5)C4)cc2Cl)C3)cc1N1CCOCC1. The van der Waals surface area contributed by atoms with Crippen LogP contribution in [0.1, 0.15) is 39.1 Å². The van der Waals surface area contributed by atoms with Crippen LogP contribution in [-0.4, -0.2) is 81.2 Å². The molecule has 3 saturated heterocycles. The second-order valence-electron chi connectivity index (χ2n) is 12.1. The second kappa shape index (κ2) is 12.0. The van der Waals surface area contributed by atoms with E-state index in [4.69, 9.17) is 37.4 Å². The van der Waals surface area contributed by atoms with Crippen molar-refractivity contribution >= 4 is 46.5 Å². The van der Waals surface area contributed by atoms with Gasteiger partial charge in [0, 0.05) is 60.6 Å². The predicted molar refractivity (Wildman–Crippen MR) is 168 cm³/mol. The normalized spacial score (nSPS) is 21.3. The molecule has 9 nitrogen and oxygen atoms in total. The molecule has 0 aromatic heterocycles. The molecule has 4 aliphatic heterocycles. The van der Waals surface area contributed by atoms with Crippen molar-refractivity contribution in [3.05, 3.63) is 75.0 Å². The number of anilines is 2. The third kappa shape index (κ3) is 5.58. The van der Waals surface area contributed by atoms with Crippen LogP contribution in [0.25, 0.3) is 11.1 Å². The van der Waals surface area contributed by atoms with E-state index in [1.807, 2.05) is 11.0 Å². The van der Waals surface area contributed by atoms with Gasteiger partial charge in [0.1, 0.15) is 11.6 Å². The highest BCUT2D eigenvalue weighted by atomic mass is 35.5. The number of hydrogen-bond donors (Lipinski definition) is 1. The van der Waals surface area contributed by atoms with E-state index in [1.54, 1.807) is 30.3 Å². The molecule has 3 fully saturated rings. The molecule has 0 aliphatic carbocycles. The maximum Gasteiger partial charge on any atom is 0.337 e. The van der Waals surface area contributed by atoms with Crippen LogP contribution in [0.15, 0.2) is 42.5 Å². The van der Waals surface area contributed by atoms with Gasteiger partial charge in [-0.3, -0.25) is 4.79 Å². The number of carboxylic acids is 1. The lowest BCUT2D eigenvalue weighted by atomic mass is 9.87. The summed E-state index contributed by atoms with van der Waals surface area (Å²) in [6.07, 6.45) is 2.08. The quantitative estimate of drug-likeness (QED) is 0.361. The van der Waals surface area contributed by atoms with E-state index in [-0.39, 0.29) is 51.3 Å². The number of morpholine rings is 1. The third-order valence-corrected chi connectivity index (χ3v) is 9.89. The molecule has 3 aromatic carbocycles. The Morgan fingerprint density at radius 2 is 1.69 bits per heavy atom. The number of hydrogen-bond acceptors (Lipinski definition) is 7. The Hall–Kier alpha value is -3.57. The topological polar surface area (TPSA) is 91.8 Å². The fraction of sp³-hybridized carbons (Fsp3) is 0.394. The monoisotopic (exact) mass is 655 g/mol. The van der Waals surface area contributed by atoms with Crippen LogP contribution >= 0.6 is 23.2 Å². The minimum absolute atomic E-state index is 0.100. The van der Waals surface area contributed by atoms with E-state index < -0.39 is 11.8 Å². The number of para-hydroxylation sites is 1. The summed E-state index contributed by atoms with van der Waals surface area (Å²) in [6.45, 7) is 5.25. The van der Waals surface area contributed by atoms with Crippen LogP contribution in [0.2, 0.25) is 10.0 Å². The summed E-state index contributed by atoms with van der Waals surface area (Å²) in [5.41, 5.74) is 2.91. The number of fused-ring (bicyclic) bond motifs is 1. The molecule has 4 heterocycles. The van der Waals surface area contributed by atoms with Gasteiger partial charge in [0.15, 0.2) is 6.73 Å². The molecule has 3 aromatic rings. The first-order chi connectivity index (χ1) is 21.7. The van der Waals surface area contributed by atoms with Crippen molar-refractivity contribution < 1.29 is 33.3 Å². The van der Waals surface area contributed by atoms with Crippen LogP contribution in [0, 0.1) is 11.2 Å².